The zero-order valence-corrected chi connectivity index (χ0v) is 13.2. The fourth-order valence-corrected chi connectivity index (χ4v) is 3.06. The number of aromatic hydroxyl groups is 1. The first-order valence-electron chi connectivity index (χ1n) is 7.53. The highest BCUT2D eigenvalue weighted by molar-refractivity contribution is 5.38. The zero-order chi connectivity index (χ0) is 14.9. The van der Waals surface area contributed by atoms with E-state index in [0.29, 0.717) is 17.9 Å². The van der Waals surface area contributed by atoms with Crippen LogP contribution >= 0.6 is 0 Å². The van der Waals surface area contributed by atoms with Crippen LogP contribution in [-0.2, 0) is 4.74 Å². The molecule has 0 amide bonds. The van der Waals surface area contributed by atoms with E-state index in [-0.39, 0.29) is 11.5 Å². The van der Waals surface area contributed by atoms with Crippen LogP contribution in [0.5, 0.6) is 5.75 Å². The number of benzene rings is 1. The molecule has 112 valence electrons. The van der Waals surface area contributed by atoms with Gasteiger partial charge in [-0.2, -0.15) is 0 Å². The van der Waals surface area contributed by atoms with E-state index in [2.05, 4.69) is 26.1 Å². The summed E-state index contributed by atoms with van der Waals surface area (Å²) in [5, 5.41) is 13.7. The molecule has 3 heteroatoms. The Kier molecular flexibility index (Phi) is 4.40. The van der Waals surface area contributed by atoms with Crippen molar-refractivity contribution < 1.29 is 9.84 Å². The summed E-state index contributed by atoms with van der Waals surface area (Å²) in [5.41, 5.74) is 2.19. The smallest absolute Gasteiger partial charge is 0.120 e. The van der Waals surface area contributed by atoms with Gasteiger partial charge in [0.25, 0.3) is 0 Å². The lowest BCUT2D eigenvalue weighted by atomic mass is 9.64. The van der Waals surface area contributed by atoms with Crippen LogP contribution in [-0.4, -0.2) is 23.9 Å². The molecule has 0 saturated heterocycles. The fourth-order valence-electron chi connectivity index (χ4n) is 3.06. The molecule has 3 nitrogen and oxygen atoms in total. The van der Waals surface area contributed by atoms with Crippen LogP contribution in [0.4, 0.5) is 0 Å². The van der Waals surface area contributed by atoms with Gasteiger partial charge >= 0.3 is 0 Å². The molecule has 1 aliphatic carbocycles. The monoisotopic (exact) mass is 277 g/mol. The van der Waals surface area contributed by atoms with Gasteiger partial charge in [0.05, 0.1) is 6.10 Å². The molecule has 1 aliphatic rings. The number of ether oxygens (including phenoxy) is 1. The first-order valence-corrected chi connectivity index (χ1v) is 7.53. The van der Waals surface area contributed by atoms with Gasteiger partial charge in [0.1, 0.15) is 5.75 Å². The average Bonchev–Trinajstić information content (AvgIpc) is 2.37. The predicted molar refractivity (Wildman–Crippen MR) is 82.0 cm³/mol. The van der Waals surface area contributed by atoms with Crippen molar-refractivity contribution in [3.63, 3.8) is 0 Å². The Morgan fingerprint density at radius 1 is 1.45 bits per heavy atom. The van der Waals surface area contributed by atoms with Crippen molar-refractivity contribution in [3.8, 4) is 5.75 Å². The Hall–Kier alpha value is -1.06. The van der Waals surface area contributed by atoms with Crippen LogP contribution in [0.2, 0.25) is 0 Å². The number of nitrogens with one attached hydrogen (secondary N) is 1. The van der Waals surface area contributed by atoms with Crippen LogP contribution in [0, 0.1) is 12.3 Å². The summed E-state index contributed by atoms with van der Waals surface area (Å²) in [4.78, 5) is 0. The second kappa shape index (κ2) is 5.74. The Labute approximate surface area is 122 Å². The molecular formula is C17H27NO2. The summed E-state index contributed by atoms with van der Waals surface area (Å²) in [6.45, 7) is 11.4. The van der Waals surface area contributed by atoms with Crippen LogP contribution in [0.25, 0.3) is 0 Å². The van der Waals surface area contributed by atoms with Gasteiger partial charge in [0, 0.05) is 29.7 Å². The molecule has 20 heavy (non-hydrogen) atoms. The van der Waals surface area contributed by atoms with Gasteiger partial charge in [0.2, 0.25) is 0 Å². The molecule has 2 N–H and O–H groups in total. The number of rotatable bonds is 5. The lowest BCUT2D eigenvalue weighted by molar-refractivity contribution is -0.116. The molecule has 1 aromatic carbocycles. The van der Waals surface area contributed by atoms with E-state index >= 15 is 0 Å². The van der Waals surface area contributed by atoms with Crippen molar-refractivity contribution in [2.24, 2.45) is 5.41 Å². The van der Waals surface area contributed by atoms with Gasteiger partial charge in [0.15, 0.2) is 0 Å². The third-order valence-electron chi connectivity index (χ3n) is 4.65. The highest BCUT2D eigenvalue weighted by atomic mass is 16.5. The van der Waals surface area contributed by atoms with Gasteiger partial charge < -0.3 is 15.2 Å². The van der Waals surface area contributed by atoms with Crippen LogP contribution < -0.4 is 5.32 Å². The maximum atomic E-state index is 10.1. The third-order valence-corrected chi connectivity index (χ3v) is 4.65. The average molecular weight is 277 g/mol. The summed E-state index contributed by atoms with van der Waals surface area (Å²) < 4.78 is 5.76. The van der Waals surface area contributed by atoms with Crippen molar-refractivity contribution in [2.45, 2.75) is 59.2 Å². The van der Waals surface area contributed by atoms with Gasteiger partial charge in [-0.25, -0.2) is 0 Å². The van der Waals surface area contributed by atoms with Crippen molar-refractivity contribution in [1.82, 2.24) is 5.32 Å². The van der Waals surface area contributed by atoms with Crippen molar-refractivity contribution in [2.75, 3.05) is 6.61 Å². The number of aryl methyl sites for hydroxylation is 1. The minimum Gasteiger partial charge on any atom is -0.508 e. The summed E-state index contributed by atoms with van der Waals surface area (Å²) >= 11 is 0. The predicted octanol–water partition coefficient (Wildman–Crippen LogP) is 3.55. The minimum atomic E-state index is 0.141. The molecule has 1 fully saturated rings. The largest absolute Gasteiger partial charge is 0.508 e. The molecule has 0 aliphatic heterocycles. The normalized spacial score (nSPS) is 26.1. The summed E-state index contributed by atoms with van der Waals surface area (Å²) in [6, 6.07) is 6.44. The van der Waals surface area contributed by atoms with E-state index in [1.54, 1.807) is 0 Å². The second-order valence-corrected chi connectivity index (χ2v) is 6.50. The van der Waals surface area contributed by atoms with Gasteiger partial charge in [-0.1, -0.05) is 26.0 Å². The van der Waals surface area contributed by atoms with Gasteiger partial charge in [-0.15, -0.1) is 0 Å². The first-order chi connectivity index (χ1) is 9.36. The maximum absolute atomic E-state index is 10.1. The molecule has 1 saturated carbocycles. The second-order valence-electron chi connectivity index (χ2n) is 6.50. The maximum Gasteiger partial charge on any atom is 0.120 e. The van der Waals surface area contributed by atoms with Crippen LogP contribution in [0.3, 0.4) is 0 Å². The summed E-state index contributed by atoms with van der Waals surface area (Å²) in [7, 11) is 0. The first kappa shape index (κ1) is 15.3. The summed E-state index contributed by atoms with van der Waals surface area (Å²) in [5.74, 6) is 0.378. The molecule has 2 rings (SSSR count). The molecule has 0 heterocycles. The van der Waals surface area contributed by atoms with E-state index in [4.69, 9.17) is 4.74 Å². The van der Waals surface area contributed by atoms with Gasteiger partial charge in [-0.3, -0.25) is 0 Å². The lowest BCUT2D eigenvalue weighted by Gasteiger charge is -2.52. The van der Waals surface area contributed by atoms with Crippen LogP contribution in [0.15, 0.2) is 18.2 Å². The number of phenolic OH excluding ortho intramolecular Hbond substituents is 1. The van der Waals surface area contributed by atoms with Crippen molar-refractivity contribution >= 4 is 0 Å². The molecule has 3 atom stereocenters. The minimum absolute atomic E-state index is 0.141. The zero-order valence-electron chi connectivity index (χ0n) is 13.2. The topological polar surface area (TPSA) is 41.5 Å². The Morgan fingerprint density at radius 2 is 2.15 bits per heavy atom. The standard InChI is InChI=1S/C17H27NO2/c1-6-20-16-10-15(17(16,4)5)18-12(3)13-8-7-11(2)9-14(13)19/h7-9,12,15-16,18-19H,6,10H2,1-5H3. The Bertz CT molecular complexity index is 470. The van der Waals surface area contributed by atoms with E-state index in [1.807, 2.05) is 32.0 Å². The molecule has 0 spiro atoms. The molecular weight excluding hydrogens is 250 g/mol. The van der Waals surface area contributed by atoms with E-state index < -0.39 is 0 Å². The van der Waals surface area contributed by atoms with Crippen molar-refractivity contribution in [1.29, 1.82) is 0 Å². The lowest BCUT2D eigenvalue weighted by Crippen LogP contribution is -2.61. The highest BCUT2D eigenvalue weighted by Gasteiger charge is 2.49. The van der Waals surface area contributed by atoms with Gasteiger partial charge in [-0.05, 0) is 38.8 Å². The molecule has 0 radical (unpaired) electrons. The van der Waals surface area contributed by atoms with E-state index in [1.165, 1.54) is 0 Å². The molecule has 0 aromatic heterocycles. The Morgan fingerprint density at radius 3 is 2.70 bits per heavy atom. The highest BCUT2D eigenvalue weighted by Crippen LogP contribution is 2.44. The van der Waals surface area contributed by atoms with Crippen molar-refractivity contribution in [3.05, 3.63) is 29.3 Å². The Balaban J connectivity index is 2.01. The van der Waals surface area contributed by atoms with E-state index in [9.17, 15) is 5.11 Å². The molecule has 3 unspecified atom stereocenters. The van der Waals surface area contributed by atoms with Crippen LogP contribution in [0.1, 0.15) is 51.3 Å². The summed E-state index contributed by atoms with van der Waals surface area (Å²) in [6.07, 6.45) is 1.38. The quantitative estimate of drug-likeness (QED) is 0.864. The fraction of sp³-hybridized carbons (Fsp3) is 0.647. The number of hydrogen-bond donors (Lipinski definition) is 2. The molecule has 1 aromatic rings. The number of phenols is 1. The third kappa shape index (κ3) is 2.84. The SMILES string of the molecule is CCOC1CC(NC(C)c2ccc(C)cc2O)C1(C)C. The molecule has 0 bridgehead atoms. The number of hydrogen-bond acceptors (Lipinski definition) is 3. The van der Waals surface area contributed by atoms with E-state index in [0.717, 1.165) is 24.2 Å².